The lowest BCUT2D eigenvalue weighted by atomic mass is 10.1. The molecule has 0 aliphatic rings. The molecule has 5 aromatic carbocycles. The van der Waals surface area contributed by atoms with Crippen LogP contribution in [0.25, 0.3) is 20.2 Å². The molecule has 0 unspecified atom stereocenters. The zero-order valence-electron chi connectivity index (χ0n) is 27.4. The van der Waals surface area contributed by atoms with Crippen LogP contribution in [0.15, 0.2) is 124 Å². The van der Waals surface area contributed by atoms with Gasteiger partial charge in [-0.25, -0.2) is 9.59 Å². The number of carbonyl (C=O) groups is 2. The second-order valence-corrected chi connectivity index (χ2v) is 14.9. The summed E-state index contributed by atoms with van der Waals surface area (Å²) in [4.78, 5) is 35.8. The third-order valence-corrected chi connectivity index (χ3v) is 10.4. The average Bonchev–Trinajstić information content (AvgIpc) is 3.04. The van der Waals surface area contributed by atoms with Gasteiger partial charge in [0, 0.05) is 30.0 Å². The van der Waals surface area contributed by atoms with Gasteiger partial charge in [-0.05, 0) is 75.7 Å². The molecule has 9 nitrogen and oxygen atoms in total. The van der Waals surface area contributed by atoms with Crippen LogP contribution in [0.4, 0.5) is 0 Å². The lowest BCUT2D eigenvalue weighted by Gasteiger charge is -2.06. The summed E-state index contributed by atoms with van der Waals surface area (Å²) >= 11 is 1.70. The number of aryl methyl sites for hydroxylation is 4. The van der Waals surface area contributed by atoms with Gasteiger partial charge in [-0.1, -0.05) is 112 Å². The summed E-state index contributed by atoms with van der Waals surface area (Å²) < 4.78 is 33.8. The molecule has 0 saturated heterocycles. The zero-order chi connectivity index (χ0) is 37.0. The molecule has 0 amide bonds. The van der Waals surface area contributed by atoms with Crippen molar-refractivity contribution in [3.8, 4) is 0 Å². The van der Waals surface area contributed by atoms with Crippen LogP contribution in [0, 0.1) is 27.7 Å². The van der Waals surface area contributed by atoms with Crippen molar-refractivity contribution in [2.75, 3.05) is 0 Å². The molecule has 0 spiro atoms. The number of carboxylic acid groups (broad SMARTS) is 2. The first kappa shape index (κ1) is 42.7. The number of fused-ring (bicyclic) bond motifs is 2. The molecule has 0 atom stereocenters. The van der Waals surface area contributed by atoms with E-state index >= 15 is 0 Å². The van der Waals surface area contributed by atoms with Crippen LogP contribution < -0.4 is 5.43 Å². The predicted octanol–water partition coefficient (Wildman–Crippen LogP) is 10.2. The quantitative estimate of drug-likeness (QED) is 0.0749. The molecule has 0 aliphatic carbocycles. The monoisotopic (exact) mass is 766 g/mol. The summed E-state index contributed by atoms with van der Waals surface area (Å²) in [6, 6.07) is 33.6. The van der Waals surface area contributed by atoms with E-state index in [1.54, 1.807) is 47.7 Å². The highest BCUT2D eigenvalue weighted by molar-refractivity contribution is 8.76. The molecule has 1 aromatic heterocycles. The van der Waals surface area contributed by atoms with Crippen LogP contribution in [-0.4, -0.2) is 39.7 Å². The molecule has 0 aliphatic heterocycles. The van der Waals surface area contributed by atoms with Gasteiger partial charge in [0.1, 0.15) is 0 Å². The maximum atomic E-state index is 12.4. The van der Waals surface area contributed by atoms with Crippen LogP contribution in [0.2, 0.25) is 0 Å². The molecule has 4 N–H and O–H groups in total. The second-order valence-electron chi connectivity index (χ2n) is 10.8. The highest BCUT2D eigenvalue weighted by Crippen LogP contribution is 2.40. The van der Waals surface area contributed by atoms with E-state index in [0.717, 1.165) is 25.7 Å². The SMILES string of the molecule is C.Cc1cc(C)c2sc3ccccc3c(=O)c2c1.Cc1cccc(C)c1.O=C(O)c1ccccc1SSc1ccccc1C(=O)O.O=S(=O)(O)O. The molecule has 1 heterocycles. The van der Waals surface area contributed by atoms with E-state index in [1.807, 2.05) is 37.3 Å². The number of carboxylic acids is 2. The molecule has 0 fully saturated rings. The van der Waals surface area contributed by atoms with Crippen LogP contribution >= 0.6 is 32.9 Å². The fraction of sp³-hybridized carbons (Fsp3) is 0.132. The minimum Gasteiger partial charge on any atom is -0.478 e. The summed E-state index contributed by atoms with van der Waals surface area (Å²) in [6.07, 6.45) is 0. The molecular weight excluding hydrogens is 729 g/mol. The van der Waals surface area contributed by atoms with Crippen molar-refractivity contribution >= 4 is 75.4 Å². The normalized spacial score (nSPS) is 10.3. The largest absolute Gasteiger partial charge is 0.478 e. The Balaban J connectivity index is 0.000000262. The lowest BCUT2D eigenvalue weighted by molar-refractivity contribution is 0.0682. The van der Waals surface area contributed by atoms with Gasteiger partial charge in [-0.15, -0.1) is 11.3 Å². The van der Waals surface area contributed by atoms with Crippen LogP contribution in [0.5, 0.6) is 0 Å². The van der Waals surface area contributed by atoms with Crippen molar-refractivity contribution < 1.29 is 37.3 Å². The first-order valence-corrected chi connectivity index (χ1v) is 19.1. The molecule has 0 bridgehead atoms. The molecule has 0 radical (unpaired) electrons. The average molecular weight is 767 g/mol. The molecule has 13 heteroatoms. The third-order valence-electron chi connectivity index (χ3n) is 6.64. The predicted molar refractivity (Wildman–Crippen MR) is 210 cm³/mol. The minimum atomic E-state index is -4.67. The van der Waals surface area contributed by atoms with Crippen molar-refractivity contribution in [3.05, 3.63) is 153 Å². The summed E-state index contributed by atoms with van der Waals surface area (Å²) in [6.45, 7) is 8.31. The van der Waals surface area contributed by atoms with Crippen molar-refractivity contribution in [1.82, 2.24) is 0 Å². The molecule has 268 valence electrons. The number of hydrogen-bond acceptors (Lipinski definition) is 8. The van der Waals surface area contributed by atoms with Gasteiger partial charge in [-0.3, -0.25) is 13.9 Å². The fourth-order valence-corrected chi connectivity index (χ4v) is 8.05. The number of benzene rings is 5. The van der Waals surface area contributed by atoms with Gasteiger partial charge in [-0.2, -0.15) is 8.42 Å². The Kier molecular flexibility index (Phi) is 16.5. The highest BCUT2D eigenvalue weighted by atomic mass is 33.1. The van der Waals surface area contributed by atoms with Gasteiger partial charge < -0.3 is 10.2 Å². The first-order valence-electron chi connectivity index (χ1n) is 14.7. The Bertz CT molecular complexity index is 2220. The first-order chi connectivity index (χ1) is 23.5. The Morgan fingerprint density at radius 2 is 1.06 bits per heavy atom. The van der Waals surface area contributed by atoms with E-state index < -0.39 is 22.3 Å². The van der Waals surface area contributed by atoms with Crippen LogP contribution in [-0.2, 0) is 10.4 Å². The molecular formula is C38H38O9S4. The summed E-state index contributed by atoms with van der Waals surface area (Å²) in [7, 11) is -2.20. The number of rotatable bonds is 5. The van der Waals surface area contributed by atoms with Gasteiger partial charge in [0.25, 0.3) is 0 Å². The third kappa shape index (κ3) is 13.6. The molecule has 6 rings (SSSR count). The van der Waals surface area contributed by atoms with Crippen molar-refractivity contribution in [2.24, 2.45) is 0 Å². The maximum absolute atomic E-state index is 12.4. The summed E-state index contributed by atoms with van der Waals surface area (Å²) in [5, 5.41) is 19.9. The van der Waals surface area contributed by atoms with Crippen molar-refractivity contribution in [2.45, 2.75) is 44.9 Å². The van der Waals surface area contributed by atoms with Crippen LogP contribution in [0.3, 0.4) is 0 Å². The smallest absolute Gasteiger partial charge is 0.394 e. The number of aromatic carboxylic acids is 2. The number of hydrogen-bond donors (Lipinski definition) is 4. The van der Waals surface area contributed by atoms with Gasteiger partial charge >= 0.3 is 22.3 Å². The molecule has 51 heavy (non-hydrogen) atoms. The Hall–Kier alpha value is -4.50. The van der Waals surface area contributed by atoms with Gasteiger partial charge in [0.15, 0.2) is 5.43 Å². The lowest BCUT2D eigenvalue weighted by Crippen LogP contribution is -2.01. The Morgan fingerprint density at radius 3 is 1.51 bits per heavy atom. The molecule has 6 aromatic rings. The minimum absolute atomic E-state index is 0. The Morgan fingerprint density at radius 1 is 0.608 bits per heavy atom. The van der Waals surface area contributed by atoms with Crippen molar-refractivity contribution in [1.29, 1.82) is 0 Å². The van der Waals surface area contributed by atoms with Gasteiger partial charge in [0.2, 0.25) is 0 Å². The van der Waals surface area contributed by atoms with E-state index in [-0.39, 0.29) is 24.0 Å². The summed E-state index contributed by atoms with van der Waals surface area (Å²) in [5.74, 6) is -2.00. The van der Waals surface area contributed by atoms with Crippen molar-refractivity contribution in [3.63, 3.8) is 0 Å². The topological polar surface area (TPSA) is 166 Å². The highest BCUT2D eigenvalue weighted by Gasteiger charge is 2.14. The Labute approximate surface area is 309 Å². The maximum Gasteiger partial charge on any atom is 0.394 e. The van der Waals surface area contributed by atoms with E-state index in [2.05, 4.69) is 51.1 Å². The van der Waals surface area contributed by atoms with E-state index in [4.69, 9.17) is 27.7 Å². The standard InChI is InChI=1S/C15H12OS.C14H10O4S2.C8H10.CH4.H2O4S/c1-9-7-10(2)15-12(8-9)14(16)11-5-3-4-6-13(11)17-15;15-13(16)9-5-1-3-7-11(9)19-20-12-8-4-2-6-10(12)14(17)18;1-7-4-3-5-8(2)6-7;;1-5(2,3)4/h3-8H,1-2H3;1-8H,(H,15,16)(H,17,18);3-6H,1-2H3;1H4;(H2,1,2,3,4). The van der Waals surface area contributed by atoms with E-state index in [9.17, 15) is 14.4 Å². The van der Waals surface area contributed by atoms with Gasteiger partial charge in [0.05, 0.1) is 11.1 Å². The summed E-state index contributed by atoms with van der Waals surface area (Å²) in [5.41, 5.74) is 5.58. The van der Waals surface area contributed by atoms with Crippen LogP contribution in [0.1, 0.15) is 50.4 Å². The second kappa shape index (κ2) is 19.8. The van der Waals surface area contributed by atoms with E-state index in [0.29, 0.717) is 9.79 Å². The zero-order valence-corrected chi connectivity index (χ0v) is 30.6. The fourth-order valence-electron chi connectivity index (χ4n) is 4.59. The van der Waals surface area contributed by atoms with E-state index in [1.165, 1.54) is 50.4 Å². The molecule has 0 saturated carbocycles.